The van der Waals surface area contributed by atoms with Crippen LogP contribution in [0.2, 0.25) is 0 Å². The first-order valence-electron chi connectivity index (χ1n) is 7.37. The molecule has 1 aliphatic carbocycles. The first kappa shape index (κ1) is 13.0. The molecule has 2 aromatic rings. The topological polar surface area (TPSA) is 54.8 Å². The summed E-state index contributed by atoms with van der Waals surface area (Å²) in [5.74, 6) is 0.763. The number of carbonyl (C=O) groups is 1. The molecule has 5 nitrogen and oxygen atoms in total. The van der Waals surface area contributed by atoms with Crippen LogP contribution in [-0.2, 0) is 9.53 Å². The number of aromatic nitrogens is 1. The molecule has 1 amide bonds. The Morgan fingerprint density at radius 2 is 1.91 bits per heavy atom. The van der Waals surface area contributed by atoms with Gasteiger partial charge in [-0.05, 0) is 42.5 Å². The zero-order valence-corrected chi connectivity index (χ0v) is 12.0. The lowest BCUT2D eigenvalue weighted by atomic mass is 10.1. The highest BCUT2D eigenvalue weighted by Crippen LogP contribution is 2.44. The van der Waals surface area contributed by atoms with Crippen molar-refractivity contribution in [2.75, 3.05) is 11.6 Å². The van der Waals surface area contributed by atoms with E-state index in [0.717, 1.165) is 5.69 Å². The summed E-state index contributed by atoms with van der Waals surface area (Å²) in [6.45, 7) is -0.0194. The van der Waals surface area contributed by atoms with Crippen molar-refractivity contribution < 1.29 is 9.53 Å². The smallest absolute Gasteiger partial charge is 0.285 e. The van der Waals surface area contributed by atoms with Gasteiger partial charge in [0.15, 0.2) is 6.61 Å². The van der Waals surface area contributed by atoms with Crippen molar-refractivity contribution in [1.82, 2.24) is 4.98 Å². The SMILES string of the molecule is O=C1COC(c2ccccn2)=NN1c1ccccc1C1CC1. The number of pyridine rings is 1. The maximum absolute atomic E-state index is 12.2. The van der Waals surface area contributed by atoms with Gasteiger partial charge in [0.2, 0.25) is 0 Å². The van der Waals surface area contributed by atoms with Gasteiger partial charge < -0.3 is 4.74 Å². The van der Waals surface area contributed by atoms with Crippen LogP contribution in [0.1, 0.15) is 30.0 Å². The fraction of sp³-hybridized carbons (Fsp3) is 0.235. The summed E-state index contributed by atoms with van der Waals surface area (Å²) in [7, 11) is 0. The Bertz CT molecular complexity index is 739. The number of rotatable bonds is 3. The third-order valence-electron chi connectivity index (χ3n) is 3.83. The number of para-hydroxylation sites is 1. The molecule has 0 spiro atoms. The minimum absolute atomic E-state index is 0.0194. The van der Waals surface area contributed by atoms with Crippen molar-refractivity contribution in [2.45, 2.75) is 18.8 Å². The van der Waals surface area contributed by atoms with Crippen LogP contribution in [0.15, 0.2) is 53.8 Å². The van der Waals surface area contributed by atoms with Crippen molar-refractivity contribution in [1.29, 1.82) is 0 Å². The number of benzene rings is 1. The van der Waals surface area contributed by atoms with Crippen LogP contribution in [0.4, 0.5) is 5.69 Å². The monoisotopic (exact) mass is 293 g/mol. The maximum atomic E-state index is 12.2. The van der Waals surface area contributed by atoms with E-state index in [4.69, 9.17) is 4.74 Å². The second kappa shape index (κ2) is 5.26. The number of amides is 1. The number of hydrogen-bond acceptors (Lipinski definition) is 4. The van der Waals surface area contributed by atoms with E-state index in [-0.39, 0.29) is 12.5 Å². The van der Waals surface area contributed by atoms with Crippen LogP contribution >= 0.6 is 0 Å². The van der Waals surface area contributed by atoms with Crippen LogP contribution in [0.25, 0.3) is 0 Å². The third kappa shape index (κ3) is 2.35. The van der Waals surface area contributed by atoms with E-state index in [0.29, 0.717) is 17.5 Å². The molecular formula is C17H15N3O2. The van der Waals surface area contributed by atoms with Crippen LogP contribution in [-0.4, -0.2) is 23.4 Å². The quantitative estimate of drug-likeness (QED) is 0.874. The molecule has 0 radical (unpaired) electrons. The van der Waals surface area contributed by atoms with Gasteiger partial charge in [-0.15, -0.1) is 5.10 Å². The highest BCUT2D eigenvalue weighted by atomic mass is 16.5. The Labute approximate surface area is 128 Å². The van der Waals surface area contributed by atoms with Crippen molar-refractivity contribution in [2.24, 2.45) is 5.10 Å². The second-order valence-corrected chi connectivity index (χ2v) is 5.45. The second-order valence-electron chi connectivity index (χ2n) is 5.45. The Kier molecular flexibility index (Phi) is 3.11. The molecular weight excluding hydrogens is 278 g/mol. The van der Waals surface area contributed by atoms with Crippen molar-refractivity contribution in [3.8, 4) is 0 Å². The molecule has 1 aromatic carbocycles. The summed E-state index contributed by atoms with van der Waals surface area (Å²) in [5.41, 5.74) is 2.66. The summed E-state index contributed by atoms with van der Waals surface area (Å²) in [5, 5.41) is 5.85. The number of hydrazone groups is 1. The minimum atomic E-state index is -0.159. The summed E-state index contributed by atoms with van der Waals surface area (Å²) in [4.78, 5) is 16.5. The predicted molar refractivity (Wildman–Crippen MR) is 82.6 cm³/mol. The largest absolute Gasteiger partial charge is 0.465 e. The van der Waals surface area contributed by atoms with Crippen molar-refractivity contribution >= 4 is 17.5 Å². The molecule has 1 aromatic heterocycles. The molecule has 1 aliphatic heterocycles. The number of carbonyl (C=O) groups excluding carboxylic acids is 1. The van der Waals surface area contributed by atoms with Gasteiger partial charge in [-0.25, -0.2) is 0 Å². The molecule has 2 aliphatic rings. The molecule has 2 heterocycles. The summed E-state index contributed by atoms with van der Waals surface area (Å²) >= 11 is 0. The van der Waals surface area contributed by atoms with Gasteiger partial charge in [0, 0.05) is 6.20 Å². The summed E-state index contributed by atoms with van der Waals surface area (Å²) in [6, 6.07) is 13.5. The zero-order valence-electron chi connectivity index (χ0n) is 12.0. The van der Waals surface area contributed by atoms with Crippen molar-refractivity contribution in [3.63, 3.8) is 0 Å². The van der Waals surface area contributed by atoms with E-state index in [9.17, 15) is 4.79 Å². The van der Waals surface area contributed by atoms with Gasteiger partial charge in [-0.3, -0.25) is 9.78 Å². The van der Waals surface area contributed by atoms with E-state index in [1.165, 1.54) is 23.4 Å². The average Bonchev–Trinajstić information content (AvgIpc) is 3.41. The van der Waals surface area contributed by atoms with E-state index in [1.807, 2.05) is 36.4 Å². The van der Waals surface area contributed by atoms with Gasteiger partial charge in [0.05, 0.1) is 5.69 Å². The normalized spacial score (nSPS) is 17.9. The van der Waals surface area contributed by atoms with Crippen LogP contribution in [0.5, 0.6) is 0 Å². The first-order chi connectivity index (χ1) is 10.8. The molecule has 1 fully saturated rings. The molecule has 0 saturated heterocycles. The lowest BCUT2D eigenvalue weighted by Crippen LogP contribution is -2.37. The molecule has 110 valence electrons. The lowest BCUT2D eigenvalue weighted by Gasteiger charge is -2.25. The molecule has 0 unspecified atom stereocenters. The number of ether oxygens (including phenoxy) is 1. The molecule has 1 saturated carbocycles. The molecule has 0 N–H and O–H groups in total. The number of hydrogen-bond donors (Lipinski definition) is 0. The molecule has 4 rings (SSSR count). The van der Waals surface area contributed by atoms with E-state index in [2.05, 4.69) is 16.2 Å². The predicted octanol–water partition coefficient (Wildman–Crippen LogP) is 2.68. The van der Waals surface area contributed by atoms with Gasteiger partial charge in [-0.1, -0.05) is 24.3 Å². The fourth-order valence-corrected chi connectivity index (χ4v) is 2.59. The standard InChI is InChI=1S/C17H15N3O2/c21-16-11-22-17(14-6-3-4-10-18-14)19-20(16)15-7-2-1-5-13(15)12-8-9-12/h1-7,10,12H,8-9,11H2. The van der Waals surface area contributed by atoms with Gasteiger partial charge >= 0.3 is 0 Å². The Morgan fingerprint density at radius 1 is 1.09 bits per heavy atom. The fourth-order valence-electron chi connectivity index (χ4n) is 2.59. The summed E-state index contributed by atoms with van der Waals surface area (Å²) in [6.07, 6.45) is 4.03. The lowest BCUT2D eigenvalue weighted by molar-refractivity contribution is -0.121. The van der Waals surface area contributed by atoms with Crippen LogP contribution < -0.4 is 5.01 Å². The maximum Gasteiger partial charge on any atom is 0.285 e. The van der Waals surface area contributed by atoms with Gasteiger partial charge in [-0.2, -0.15) is 5.01 Å². The van der Waals surface area contributed by atoms with E-state index in [1.54, 1.807) is 6.20 Å². The van der Waals surface area contributed by atoms with Crippen LogP contribution in [0.3, 0.4) is 0 Å². The summed E-state index contributed by atoms with van der Waals surface area (Å²) < 4.78 is 5.44. The third-order valence-corrected chi connectivity index (χ3v) is 3.83. The number of anilines is 1. The Morgan fingerprint density at radius 3 is 2.68 bits per heavy atom. The highest BCUT2D eigenvalue weighted by molar-refractivity contribution is 6.04. The Balaban J connectivity index is 1.75. The highest BCUT2D eigenvalue weighted by Gasteiger charge is 2.31. The first-order valence-corrected chi connectivity index (χ1v) is 7.37. The molecule has 22 heavy (non-hydrogen) atoms. The molecule has 0 bridgehead atoms. The van der Waals surface area contributed by atoms with E-state index >= 15 is 0 Å². The zero-order chi connectivity index (χ0) is 14.9. The van der Waals surface area contributed by atoms with Crippen molar-refractivity contribution in [3.05, 3.63) is 59.9 Å². The van der Waals surface area contributed by atoms with Gasteiger partial charge in [0.1, 0.15) is 5.69 Å². The van der Waals surface area contributed by atoms with Crippen LogP contribution in [0, 0.1) is 0 Å². The average molecular weight is 293 g/mol. The van der Waals surface area contributed by atoms with E-state index < -0.39 is 0 Å². The van der Waals surface area contributed by atoms with Gasteiger partial charge in [0.25, 0.3) is 11.8 Å². The molecule has 5 heteroatoms. The number of nitrogens with zero attached hydrogens (tertiary/aromatic N) is 3. The minimum Gasteiger partial charge on any atom is -0.465 e. The Hall–Kier alpha value is -2.69. The molecule has 0 atom stereocenters.